The lowest BCUT2D eigenvalue weighted by atomic mass is 10.2. The molecule has 2 aromatic rings. The third-order valence-electron chi connectivity index (χ3n) is 3.63. The minimum Gasteiger partial charge on any atom is -0.493 e. The lowest BCUT2D eigenvalue weighted by Crippen LogP contribution is -2.36. The number of hydrazone groups is 1. The molecule has 9 heteroatoms. The molecule has 0 aliphatic carbocycles. The van der Waals surface area contributed by atoms with Crippen molar-refractivity contribution in [3.63, 3.8) is 0 Å². The highest BCUT2D eigenvalue weighted by Gasteiger charge is 2.22. The van der Waals surface area contributed by atoms with E-state index in [1.807, 2.05) is 0 Å². The second kappa shape index (κ2) is 9.15. The molecule has 2 aromatic carbocycles. The summed E-state index contributed by atoms with van der Waals surface area (Å²) in [5.74, 6) is 0.543. The summed E-state index contributed by atoms with van der Waals surface area (Å²) in [5.41, 5.74) is 2.98. The number of nitrogens with one attached hydrogen (secondary N) is 1. The molecule has 0 bridgehead atoms. The van der Waals surface area contributed by atoms with Crippen molar-refractivity contribution >= 4 is 22.1 Å². The molecule has 0 saturated heterocycles. The molecule has 144 valence electrons. The Morgan fingerprint density at radius 3 is 2.41 bits per heavy atom. The van der Waals surface area contributed by atoms with Gasteiger partial charge in [-0.2, -0.15) is 9.41 Å². The first-order valence-electron chi connectivity index (χ1n) is 7.94. The number of carbonyl (C=O) groups excluding carboxylic acids is 1. The average molecular weight is 391 g/mol. The molecule has 0 aliphatic rings. The van der Waals surface area contributed by atoms with Crippen molar-refractivity contribution < 1.29 is 22.7 Å². The van der Waals surface area contributed by atoms with Crippen LogP contribution in [0.4, 0.5) is 0 Å². The van der Waals surface area contributed by atoms with E-state index in [1.54, 1.807) is 36.4 Å². The number of carbonyl (C=O) groups is 1. The summed E-state index contributed by atoms with van der Waals surface area (Å²) in [6, 6.07) is 13.0. The lowest BCUT2D eigenvalue weighted by Gasteiger charge is -2.15. The maximum atomic E-state index is 12.4. The first-order valence-corrected chi connectivity index (χ1v) is 9.38. The van der Waals surface area contributed by atoms with Gasteiger partial charge in [-0.05, 0) is 35.9 Å². The van der Waals surface area contributed by atoms with E-state index in [-0.39, 0.29) is 11.4 Å². The summed E-state index contributed by atoms with van der Waals surface area (Å²) < 4.78 is 36.0. The normalized spacial score (nSPS) is 11.6. The molecular weight excluding hydrogens is 370 g/mol. The van der Waals surface area contributed by atoms with Crippen LogP contribution in [0.25, 0.3) is 0 Å². The van der Waals surface area contributed by atoms with Crippen LogP contribution in [-0.2, 0) is 14.8 Å². The van der Waals surface area contributed by atoms with Gasteiger partial charge < -0.3 is 9.47 Å². The Kier molecular flexibility index (Phi) is 6.91. The smallest absolute Gasteiger partial charge is 0.255 e. The lowest BCUT2D eigenvalue weighted by molar-refractivity contribution is -0.121. The van der Waals surface area contributed by atoms with Gasteiger partial charge in [-0.1, -0.05) is 18.2 Å². The van der Waals surface area contributed by atoms with Crippen molar-refractivity contribution in [1.82, 2.24) is 9.73 Å². The van der Waals surface area contributed by atoms with E-state index in [0.717, 1.165) is 4.31 Å². The van der Waals surface area contributed by atoms with Gasteiger partial charge in [0.1, 0.15) is 0 Å². The maximum Gasteiger partial charge on any atom is 0.255 e. The predicted molar refractivity (Wildman–Crippen MR) is 102 cm³/mol. The van der Waals surface area contributed by atoms with Crippen LogP contribution in [0.1, 0.15) is 5.56 Å². The summed E-state index contributed by atoms with van der Waals surface area (Å²) in [7, 11) is 0.647. The zero-order valence-corrected chi connectivity index (χ0v) is 16.1. The molecule has 1 N–H and O–H groups in total. The molecule has 0 aliphatic heterocycles. The summed E-state index contributed by atoms with van der Waals surface area (Å²) >= 11 is 0. The molecule has 0 spiro atoms. The summed E-state index contributed by atoms with van der Waals surface area (Å²) in [6.07, 6.45) is 1.42. The molecule has 0 saturated carbocycles. The molecule has 2 rings (SSSR count). The van der Waals surface area contributed by atoms with Gasteiger partial charge in [-0.3, -0.25) is 4.79 Å². The van der Waals surface area contributed by atoms with E-state index < -0.39 is 15.9 Å². The number of likely N-dealkylation sites (N-methyl/N-ethyl adjacent to an activating group) is 1. The fourth-order valence-electron chi connectivity index (χ4n) is 2.21. The molecule has 8 nitrogen and oxygen atoms in total. The van der Waals surface area contributed by atoms with E-state index in [1.165, 1.54) is 39.6 Å². The van der Waals surface area contributed by atoms with Crippen LogP contribution in [0.3, 0.4) is 0 Å². The Bertz CT molecular complexity index is 914. The van der Waals surface area contributed by atoms with Crippen LogP contribution < -0.4 is 14.9 Å². The van der Waals surface area contributed by atoms with Gasteiger partial charge in [0.05, 0.1) is 31.9 Å². The van der Waals surface area contributed by atoms with Crippen LogP contribution in [0, 0.1) is 0 Å². The number of sulfonamides is 1. The third-order valence-corrected chi connectivity index (χ3v) is 5.45. The Morgan fingerprint density at radius 1 is 1.11 bits per heavy atom. The van der Waals surface area contributed by atoms with E-state index in [4.69, 9.17) is 9.47 Å². The monoisotopic (exact) mass is 391 g/mol. The highest BCUT2D eigenvalue weighted by Crippen LogP contribution is 2.26. The third kappa shape index (κ3) is 5.28. The highest BCUT2D eigenvalue weighted by molar-refractivity contribution is 7.89. The van der Waals surface area contributed by atoms with Gasteiger partial charge >= 0.3 is 0 Å². The van der Waals surface area contributed by atoms with Gasteiger partial charge in [0.2, 0.25) is 10.0 Å². The number of hydrogen-bond donors (Lipinski definition) is 1. The minimum atomic E-state index is -3.74. The predicted octanol–water partition coefficient (Wildman–Crippen LogP) is 1.47. The number of hydrogen-bond acceptors (Lipinski definition) is 6. The number of rotatable bonds is 8. The maximum absolute atomic E-state index is 12.4. The molecule has 27 heavy (non-hydrogen) atoms. The largest absolute Gasteiger partial charge is 0.493 e. The van der Waals surface area contributed by atoms with Gasteiger partial charge in [-0.25, -0.2) is 13.8 Å². The van der Waals surface area contributed by atoms with Gasteiger partial charge in [-0.15, -0.1) is 0 Å². The molecule has 0 atom stereocenters. The van der Waals surface area contributed by atoms with Crippen LogP contribution in [0.2, 0.25) is 0 Å². The van der Waals surface area contributed by atoms with Gasteiger partial charge in [0.15, 0.2) is 11.5 Å². The van der Waals surface area contributed by atoms with Crippen molar-refractivity contribution in [1.29, 1.82) is 0 Å². The summed E-state index contributed by atoms with van der Waals surface area (Å²) in [4.78, 5) is 12.1. The summed E-state index contributed by atoms with van der Waals surface area (Å²) in [6.45, 7) is -0.361. The number of methoxy groups -OCH3 is 2. The topological polar surface area (TPSA) is 97.3 Å². The van der Waals surface area contributed by atoms with Gasteiger partial charge in [0.25, 0.3) is 5.91 Å². The number of nitrogens with zero attached hydrogens (tertiary/aromatic N) is 2. The van der Waals surface area contributed by atoms with Crippen LogP contribution in [-0.4, -0.2) is 52.7 Å². The van der Waals surface area contributed by atoms with Crippen molar-refractivity contribution in [3.8, 4) is 11.5 Å². The molecule has 1 amide bonds. The Balaban J connectivity index is 1.97. The molecule has 0 heterocycles. The van der Waals surface area contributed by atoms with Crippen molar-refractivity contribution in [2.75, 3.05) is 27.8 Å². The second-order valence-electron chi connectivity index (χ2n) is 5.48. The summed E-state index contributed by atoms with van der Waals surface area (Å²) in [5, 5.41) is 3.84. The Hall–Kier alpha value is -2.91. The van der Waals surface area contributed by atoms with Gasteiger partial charge in [0, 0.05) is 7.05 Å². The fraction of sp³-hybridized carbons (Fsp3) is 0.222. The van der Waals surface area contributed by atoms with Crippen LogP contribution >= 0.6 is 0 Å². The minimum absolute atomic E-state index is 0.120. The standard InChI is InChI=1S/C18H21N3O5S/c1-21(27(23,24)15-7-5-4-6-8-15)13-18(22)20-19-12-14-9-10-16(25-2)17(11-14)26-3/h4-12H,13H2,1-3H3,(H,20,22)/b19-12-. The number of ether oxygens (including phenoxy) is 2. The van der Waals surface area contributed by atoms with E-state index in [0.29, 0.717) is 17.1 Å². The average Bonchev–Trinajstić information content (AvgIpc) is 2.68. The fourth-order valence-corrected chi connectivity index (χ4v) is 3.36. The molecule has 0 radical (unpaired) electrons. The Morgan fingerprint density at radius 2 is 1.78 bits per heavy atom. The van der Waals surface area contributed by atoms with Crippen LogP contribution in [0.15, 0.2) is 58.5 Å². The zero-order chi connectivity index (χ0) is 19.9. The molecule has 0 unspecified atom stereocenters. The van der Waals surface area contributed by atoms with Crippen molar-refractivity contribution in [2.45, 2.75) is 4.90 Å². The first kappa shape index (κ1) is 20.4. The number of amides is 1. The first-order chi connectivity index (χ1) is 12.9. The highest BCUT2D eigenvalue weighted by atomic mass is 32.2. The van der Waals surface area contributed by atoms with E-state index in [2.05, 4.69) is 10.5 Å². The molecular formula is C18H21N3O5S. The van der Waals surface area contributed by atoms with E-state index in [9.17, 15) is 13.2 Å². The zero-order valence-electron chi connectivity index (χ0n) is 15.2. The molecule has 0 fully saturated rings. The van der Waals surface area contributed by atoms with Crippen LogP contribution in [0.5, 0.6) is 11.5 Å². The van der Waals surface area contributed by atoms with Crippen molar-refractivity contribution in [2.24, 2.45) is 5.10 Å². The number of benzene rings is 2. The quantitative estimate of drug-likeness (QED) is 0.543. The SMILES string of the molecule is COc1ccc(/C=N\NC(=O)CN(C)S(=O)(=O)c2ccccc2)cc1OC. The molecule has 0 aromatic heterocycles. The van der Waals surface area contributed by atoms with Crippen molar-refractivity contribution in [3.05, 3.63) is 54.1 Å². The second-order valence-corrected chi connectivity index (χ2v) is 7.53. The Labute approximate surface area is 158 Å². The van der Waals surface area contributed by atoms with E-state index >= 15 is 0 Å².